The minimum Gasteiger partial charge on any atom is -0.370 e. The molecule has 1 fully saturated rings. The summed E-state index contributed by atoms with van der Waals surface area (Å²) >= 11 is 0. The molecule has 7 heteroatoms. The number of hydrogen-bond acceptors (Lipinski definition) is 5. The molecule has 0 bridgehead atoms. The highest BCUT2D eigenvalue weighted by molar-refractivity contribution is 5.60. The molecule has 3 aromatic rings. The van der Waals surface area contributed by atoms with Gasteiger partial charge in [-0.25, -0.2) is 9.37 Å². The summed E-state index contributed by atoms with van der Waals surface area (Å²) < 4.78 is 21.9. The maximum Gasteiger partial charge on any atom is 0.255 e. The molecular formula is C22H21FN4O2. The summed E-state index contributed by atoms with van der Waals surface area (Å²) in [7, 11) is 1.71. The molecule has 29 heavy (non-hydrogen) atoms. The predicted molar refractivity (Wildman–Crippen MR) is 107 cm³/mol. The van der Waals surface area contributed by atoms with E-state index < -0.39 is 5.82 Å². The first-order chi connectivity index (χ1) is 14.1. The maximum atomic E-state index is 14.3. The molecule has 1 saturated heterocycles. The first-order valence-electron chi connectivity index (χ1n) is 9.77. The van der Waals surface area contributed by atoms with Gasteiger partial charge >= 0.3 is 0 Å². The third kappa shape index (κ3) is 3.02. The Balaban J connectivity index is 1.59. The zero-order valence-corrected chi connectivity index (χ0v) is 16.1. The number of morpholine rings is 1. The maximum absolute atomic E-state index is 14.3. The van der Waals surface area contributed by atoms with Crippen molar-refractivity contribution in [3.05, 3.63) is 76.1 Å². The molecular weight excluding hydrogens is 371 g/mol. The van der Waals surface area contributed by atoms with Crippen LogP contribution in [0.3, 0.4) is 0 Å². The largest absolute Gasteiger partial charge is 0.370 e. The number of benzene rings is 1. The van der Waals surface area contributed by atoms with Crippen molar-refractivity contribution >= 4 is 5.95 Å². The first-order valence-corrected chi connectivity index (χ1v) is 9.77. The van der Waals surface area contributed by atoms with Crippen LogP contribution in [0, 0.1) is 5.82 Å². The Morgan fingerprint density at radius 2 is 2.10 bits per heavy atom. The van der Waals surface area contributed by atoms with Gasteiger partial charge in [0.2, 0.25) is 5.95 Å². The number of nitrogens with zero attached hydrogens (tertiary/aromatic N) is 4. The van der Waals surface area contributed by atoms with Gasteiger partial charge in [0.15, 0.2) is 5.82 Å². The van der Waals surface area contributed by atoms with Crippen LogP contribution in [0.4, 0.5) is 10.3 Å². The zero-order valence-electron chi connectivity index (χ0n) is 16.1. The smallest absolute Gasteiger partial charge is 0.255 e. The summed E-state index contributed by atoms with van der Waals surface area (Å²) in [6, 6.07) is 11.3. The Bertz CT molecular complexity index is 1130. The Hall–Kier alpha value is -3.06. The van der Waals surface area contributed by atoms with Crippen molar-refractivity contribution in [2.75, 3.05) is 18.1 Å². The van der Waals surface area contributed by atoms with Gasteiger partial charge in [0.25, 0.3) is 5.56 Å². The van der Waals surface area contributed by atoms with Crippen molar-refractivity contribution in [2.24, 2.45) is 7.05 Å². The number of hydrogen-bond donors (Lipinski definition) is 0. The predicted octanol–water partition coefficient (Wildman–Crippen LogP) is 2.87. The first kappa shape index (κ1) is 18.0. The van der Waals surface area contributed by atoms with E-state index in [1.165, 1.54) is 28.0 Å². The zero-order chi connectivity index (χ0) is 20.0. The van der Waals surface area contributed by atoms with Crippen molar-refractivity contribution in [2.45, 2.75) is 25.0 Å². The summed E-state index contributed by atoms with van der Waals surface area (Å²) in [6.07, 6.45) is 4.43. The number of rotatable bonds is 2. The lowest BCUT2D eigenvalue weighted by Gasteiger charge is -2.45. The van der Waals surface area contributed by atoms with Crippen molar-refractivity contribution in [3.63, 3.8) is 0 Å². The topological polar surface area (TPSA) is 60.2 Å². The molecule has 1 aromatic carbocycles. The van der Waals surface area contributed by atoms with Crippen LogP contribution < -0.4 is 10.5 Å². The Morgan fingerprint density at radius 1 is 1.24 bits per heavy atom. The third-order valence-electron chi connectivity index (χ3n) is 5.87. The van der Waals surface area contributed by atoms with E-state index in [1.54, 1.807) is 13.1 Å². The van der Waals surface area contributed by atoms with Gasteiger partial charge in [0.05, 0.1) is 24.5 Å². The molecule has 1 aliphatic heterocycles. The lowest BCUT2D eigenvalue weighted by Crippen LogP contribution is -2.51. The minimum absolute atomic E-state index is 0.0630. The highest BCUT2D eigenvalue weighted by atomic mass is 19.1. The van der Waals surface area contributed by atoms with Gasteiger partial charge in [-0.2, -0.15) is 0 Å². The number of pyridine rings is 1. The highest BCUT2D eigenvalue weighted by Crippen LogP contribution is 2.39. The molecule has 0 N–H and O–H groups in total. The van der Waals surface area contributed by atoms with Crippen LogP contribution in [0.1, 0.15) is 23.7 Å². The Kier molecular flexibility index (Phi) is 4.39. The van der Waals surface area contributed by atoms with Crippen LogP contribution in [0.2, 0.25) is 0 Å². The number of anilines is 1. The number of fused-ring (bicyclic) bond motifs is 3. The highest BCUT2D eigenvalue weighted by Gasteiger charge is 2.38. The van der Waals surface area contributed by atoms with E-state index in [2.05, 4.69) is 28.1 Å². The fourth-order valence-electron chi connectivity index (χ4n) is 4.42. The van der Waals surface area contributed by atoms with Crippen LogP contribution in [-0.2, 0) is 18.2 Å². The summed E-state index contributed by atoms with van der Waals surface area (Å²) in [5.74, 6) is 0.0482. The second kappa shape index (κ2) is 7.08. The lowest BCUT2D eigenvalue weighted by atomic mass is 9.84. The summed E-state index contributed by atoms with van der Waals surface area (Å²) in [5, 5.41) is 0. The molecule has 0 spiro atoms. The van der Waals surface area contributed by atoms with Gasteiger partial charge < -0.3 is 9.64 Å². The van der Waals surface area contributed by atoms with Crippen molar-refractivity contribution in [3.8, 4) is 11.3 Å². The number of aromatic nitrogens is 3. The number of halogens is 1. The van der Waals surface area contributed by atoms with E-state index in [4.69, 9.17) is 9.72 Å². The molecule has 0 amide bonds. The number of aryl methyl sites for hydroxylation is 1. The van der Waals surface area contributed by atoms with E-state index in [9.17, 15) is 9.18 Å². The molecule has 148 valence electrons. The molecule has 3 heterocycles. The van der Waals surface area contributed by atoms with E-state index >= 15 is 0 Å². The monoisotopic (exact) mass is 392 g/mol. The molecule has 0 radical (unpaired) electrons. The normalized spacial score (nSPS) is 20.8. The standard InChI is InChI=1S/C22H21FN4O2/c1-26-20(28)12-18(16-8-9-24-13-17(16)23)25-22(26)27-10-11-29-21-15-5-3-2-4-14(15)6-7-19(21)27/h2-5,8-9,12-13,19,21H,6-7,10-11H2,1H3/t19-,21+/m1/s1. The van der Waals surface area contributed by atoms with E-state index in [1.807, 2.05) is 6.07 Å². The molecule has 2 atom stereocenters. The fourth-order valence-corrected chi connectivity index (χ4v) is 4.42. The fraction of sp³-hybridized carbons (Fsp3) is 0.318. The third-order valence-corrected chi connectivity index (χ3v) is 5.87. The second-order valence-corrected chi connectivity index (χ2v) is 7.48. The molecule has 0 saturated carbocycles. The van der Waals surface area contributed by atoms with Gasteiger partial charge in [0, 0.05) is 31.4 Å². The average molecular weight is 392 g/mol. The van der Waals surface area contributed by atoms with Gasteiger partial charge in [-0.15, -0.1) is 0 Å². The van der Waals surface area contributed by atoms with Crippen LogP contribution in [0.25, 0.3) is 11.3 Å². The van der Waals surface area contributed by atoms with Gasteiger partial charge in [-0.3, -0.25) is 14.3 Å². The molecule has 2 aromatic heterocycles. The quantitative estimate of drug-likeness (QED) is 0.671. The van der Waals surface area contributed by atoms with E-state index in [0.29, 0.717) is 24.8 Å². The molecule has 1 aliphatic carbocycles. The average Bonchev–Trinajstić information content (AvgIpc) is 2.75. The van der Waals surface area contributed by atoms with Gasteiger partial charge in [0.1, 0.15) is 6.10 Å². The van der Waals surface area contributed by atoms with Crippen LogP contribution in [0.5, 0.6) is 0 Å². The molecule has 6 nitrogen and oxygen atoms in total. The van der Waals surface area contributed by atoms with Crippen molar-refractivity contribution < 1.29 is 9.13 Å². The minimum atomic E-state index is -0.495. The molecule has 0 unspecified atom stereocenters. The molecule has 2 aliphatic rings. The van der Waals surface area contributed by atoms with Crippen molar-refractivity contribution in [1.29, 1.82) is 0 Å². The Morgan fingerprint density at radius 3 is 2.97 bits per heavy atom. The SMILES string of the molecule is Cn1c(N2CCO[C@H]3c4ccccc4CC[C@H]32)nc(-c2ccncc2F)cc1=O. The second-order valence-electron chi connectivity index (χ2n) is 7.48. The number of ether oxygens (including phenoxy) is 1. The van der Waals surface area contributed by atoms with Crippen LogP contribution >= 0.6 is 0 Å². The summed E-state index contributed by atoms with van der Waals surface area (Å²) in [4.78, 5) is 23.3. The van der Waals surface area contributed by atoms with Crippen LogP contribution in [0.15, 0.2) is 53.6 Å². The van der Waals surface area contributed by atoms with E-state index in [0.717, 1.165) is 19.0 Å². The Labute approximate surface area is 167 Å². The van der Waals surface area contributed by atoms with Gasteiger partial charge in [-0.1, -0.05) is 24.3 Å². The molecule has 5 rings (SSSR count). The summed E-state index contributed by atoms with van der Waals surface area (Å²) in [6.45, 7) is 1.17. The van der Waals surface area contributed by atoms with Gasteiger partial charge in [-0.05, 0) is 30.0 Å². The summed E-state index contributed by atoms with van der Waals surface area (Å²) in [5.41, 5.74) is 2.89. The van der Waals surface area contributed by atoms with Crippen molar-refractivity contribution in [1.82, 2.24) is 14.5 Å². The lowest BCUT2D eigenvalue weighted by molar-refractivity contribution is 0.00176. The van der Waals surface area contributed by atoms with E-state index in [-0.39, 0.29) is 23.3 Å². The van der Waals surface area contributed by atoms with Crippen LogP contribution in [-0.4, -0.2) is 33.7 Å².